The Hall–Kier alpha value is -4.76. The van der Waals surface area contributed by atoms with Gasteiger partial charge in [-0.25, -0.2) is 0 Å². The zero-order chi connectivity index (χ0) is 42.5. The molecule has 4 N–H and O–H groups in total. The molecule has 0 saturated heterocycles. The van der Waals surface area contributed by atoms with Crippen molar-refractivity contribution < 1.29 is 13.0 Å². The number of nitrogens with two attached hydrogens (primary N) is 1. The average Bonchev–Trinajstić information content (AvgIpc) is 3.44. The summed E-state index contributed by atoms with van der Waals surface area (Å²) in [6.45, 7) is 13.3. The Bertz CT molecular complexity index is 2580. The van der Waals surface area contributed by atoms with Gasteiger partial charge in [0, 0.05) is 51.1 Å². The number of fused-ring (bicyclic) bond motifs is 4. The standard InChI is InChI=1S/C52H61N3O3S2/c1-6-7-35-55-46-31-24-38-17-9-11-22-44(38)49(46)52(4,5)47(55)32-25-40-19-14-18-39(50(40)59-42-28-26-41(53)27-29-42)20-15-33-51(2,3)48-43-21-10-8-16-37(43)23-30-45(48)54-34-12-13-36-60(56,57)58/h8-11,15-17,20-32,54H,6-7,12-14,18-19,33-36,53H2,1-5H3,(H,56,57,58)/b20-15+,40-25+,47-32+. The monoisotopic (exact) mass is 839 g/mol. The van der Waals surface area contributed by atoms with Crippen LogP contribution in [-0.2, 0) is 20.9 Å². The Kier molecular flexibility index (Phi) is 13.3. The van der Waals surface area contributed by atoms with Gasteiger partial charge in [0.25, 0.3) is 10.1 Å². The van der Waals surface area contributed by atoms with Crippen LogP contribution in [0, 0.1) is 0 Å². The molecule has 0 radical (unpaired) electrons. The van der Waals surface area contributed by atoms with Crippen molar-refractivity contribution in [2.24, 2.45) is 0 Å². The molecule has 8 heteroatoms. The average molecular weight is 840 g/mol. The number of unbranched alkanes of at least 4 members (excludes halogenated alkanes) is 2. The van der Waals surface area contributed by atoms with E-state index in [4.69, 9.17) is 5.73 Å². The summed E-state index contributed by atoms with van der Waals surface area (Å²) in [7, 11) is -3.96. The Morgan fingerprint density at radius 2 is 1.57 bits per heavy atom. The highest BCUT2D eigenvalue weighted by atomic mass is 32.2. The van der Waals surface area contributed by atoms with Gasteiger partial charge in [0.2, 0.25) is 0 Å². The molecule has 0 atom stereocenters. The van der Waals surface area contributed by atoms with E-state index in [1.54, 1.807) is 0 Å². The lowest BCUT2D eigenvalue weighted by Gasteiger charge is -2.29. The number of nitrogens with zero attached hydrogens (tertiary/aromatic N) is 1. The maximum Gasteiger partial charge on any atom is 0.264 e. The summed E-state index contributed by atoms with van der Waals surface area (Å²) in [6.07, 6.45) is 16.9. The Balaban J connectivity index is 1.23. The molecule has 7 rings (SSSR count). The normalized spacial score (nSPS) is 17.1. The van der Waals surface area contributed by atoms with Crippen molar-refractivity contribution in [1.29, 1.82) is 0 Å². The Morgan fingerprint density at radius 3 is 2.30 bits per heavy atom. The third-order valence-corrected chi connectivity index (χ3v) is 14.2. The second-order valence-corrected chi connectivity index (χ2v) is 20.2. The number of allylic oxidation sites excluding steroid dienone is 7. The largest absolute Gasteiger partial charge is 0.399 e. The van der Waals surface area contributed by atoms with Crippen molar-refractivity contribution in [1.82, 2.24) is 0 Å². The van der Waals surface area contributed by atoms with E-state index in [1.807, 2.05) is 23.9 Å². The lowest BCUT2D eigenvalue weighted by molar-refractivity contribution is 0.480. The third-order valence-electron chi connectivity index (χ3n) is 12.2. The van der Waals surface area contributed by atoms with E-state index in [0.717, 1.165) is 56.4 Å². The second-order valence-electron chi connectivity index (χ2n) is 17.6. The molecule has 0 bridgehead atoms. The summed E-state index contributed by atoms with van der Waals surface area (Å²) >= 11 is 1.85. The fourth-order valence-electron chi connectivity index (χ4n) is 9.16. The number of hydrogen-bond donors (Lipinski definition) is 3. The van der Waals surface area contributed by atoms with Crippen LogP contribution >= 0.6 is 11.8 Å². The van der Waals surface area contributed by atoms with Crippen LogP contribution in [0.5, 0.6) is 0 Å². The highest BCUT2D eigenvalue weighted by Gasteiger charge is 2.41. The first-order chi connectivity index (χ1) is 28.8. The predicted molar refractivity (Wildman–Crippen MR) is 258 cm³/mol. The van der Waals surface area contributed by atoms with Crippen LogP contribution in [0.3, 0.4) is 0 Å². The van der Waals surface area contributed by atoms with Gasteiger partial charge >= 0.3 is 0 Å². The van der Waals surface area contributed by atoms with E-state index in [9.17, 15) is 13.0 Å². The van der Waals surface area contributed by atoms with Gasteiger partial charge in [-0.2, -0.15) is 8.42 Å². The van der Waals surface area contributed by atoms with Crippen LogP contribution in [0.4, 0.5) is 17.1 Å². The molecule has 0 amide bonds. The number of rotatable bonds is 16. The van der Waals surface area contributed by atoms with Crippen LogP contribution in [0.2, 0.25) is 0 Å². The molecule has 6 nitrogen and oxygen atoms in total. The number of nitrogens with one attached hydrogen (secondary N) is 1. The van der Waals surface area contributed by atoms with Crippen LogP contribution < -0.4 is 16.0 Å². The Morgan fingerprint density at radius 1 is 0.867 bits per heavy atom. The molecule has 5 aromatic carbocycles. The molecular formula is C52H61N3O3S2. The summed E-state index contributed by atoms with van der Waals surface area (Å²) in [5.74, 6) is -0.223. The van der Waals surface area contributed by atoms with E-state index >= 15 is 0 Å². The van der Waals surface area contributed by atoms with Crippen molar-refractivity contribution in [3.8, 4) is 0 Å². The van der Waals surface area contributed by atoms with Crippen LogP contribution in [0.25, 0.3) is 21.5 Å². The topological polar surface area (TPSA) is 95.7 Å². The quantitative estimate of drug-likeness (QED) is 0.0517. The minimum absolute atomic E-state index is 0.159. The van der Waals surface area contributed by atoms with E-state index < -0.39 is 10.1 Å². The molecule has 0 spiro atoms. The molecule has 0 fully saturated rings. The lowest BCUT2D eigenvalue weighted by Crippen LogP contribution is -2.27. The first kappa shape index (κ1) is 43.3. The van der Waals surface area contributed by atoms with Gasteiger partial charge in [0.05, 0.1) is 5.75 Å². The number of thioether (sulfide) groups is 1. The van der Waals surface area contributed by atoms with E-state index in [0.29, 0.717) is 19.4 Å². The Labute approximate surface area is 362 Å². The van der Waals surface area contributed by atoms with E-state index in [-0.39, 0.29) is 16.6 Å². The predicted octanol–water partition coefficient (Wildman–Crippen LogP) is 13.5. The molecule has 1 aliphatic heterocycles. The third kappa shape index (κ3) is 9.72. The van der Waals surface area contributed by atoms with Gasteiger partial charge in [-0.15, -0.1) is 0 Å². The van der Waals surface area contributed by atoms with E-state index in [1.165, 1.54) is 65.0 Å². The van der Waals surface area contributed by atoms with Crippen molar-refractivity contribution in [3.05, 3.63) is 154 Å². The molecule has 0 saturated carbocycles. The first-order valence-electron chi connectivity index (χ1n) is 21.6. The molecule has 5 aromatic rings. The molecule has 314 valence electrons. The highest BCUT2D eigenvalue weighted by molar-refractivity contribution is 8.03. The number of nitrogen functional groups attached to an aromatic ring is 1. The zero-order valence-corrected chi connectivity index (χ0v) is 37.6. The minimum Gasteiger partial charge on any atom is -0.399 e. The summed E-state index contributed by atoms with van der Waals surface area (Å²) < 4.78 is 31.8. The van der Waals surface area contributed by atoms with Crippen LogP contribution in [0.1, 0.15) is 97.1 Å². The number of hydrogen-bond acceptors (Lipinski definition) is 6. The zero-order valence-electron chi connectivity index (χ0n) is 35.9. The summed E-state index contributed by atoms with van der Waals surface area (Å²) in [4.78, 5) is 5.09. The summed E-state index contributed by atoms with van der Waals surface area (Å²) in [5, 5.41) is 8.65. The van der Waals surface area contributed by atoms with Crippen LogP contribution in [0.15, 0.2) is 148 Å². The molecule has 0 aromatic heterocycles. The first-order valence-corrected chi connectivity index (χ1v) is 24.1. The summed E-state index contributed by atoms with van der Waals surface area (Å²) in [6, 6.07) is 34.5. The molecule has 2 aliphatic rings. The van der Waals surface area contributed by atoms with Gasteiger partial charge in [-0.1, -0.05) is 132 Å². The summed E-state index contributed by atoms with van der Waals surface area (Å²) in [5.41, 5.74) is 15.7. The van der Waals surface area contributed by atoms with Crippen molar-refractivity contribution in [2.45, 2.75) is 102 Å². The van der Waals surface area contributed by atoms with Crippen LogP contribution in [-0.4, -0.2) is 31.8 Å². The maximum atomic E-state index is 11.3. The van der Waals surface area contributed by atoms with Gasteiger partial charge in [0.1, 0.15) is 0 Å². The van der Waals surface area contributed by atoms with Crippen molar-refractivity contribution >= 4 is 60.5 Å². The second kappa shape index (κ2) is 18.5. The fourth-order valence-corrected chi connectivity index (χ4v) is 10.8. The molecular weight excluding hydrogens is 779 g/mol. The molecule has 1 aliphatic carbocycles. The van der Waals surface area contributed by atoms with Gasteiger partial charge in [-0.05, 0) is 137 Å². The maximum absolute atomic E-state index is 11.3. The lowest BCUT2D eigenvalue weighted by atomic mass is 9.77. The van der Waals surface area contributed by atoms with Crippen molar-refractivity contribution in [3.63, 3.8) is 0 Å². The number of anilines is 3. The van der Waals surface area contributed by atoms with Crippen molar-refractivity contribution in [2.75, 3.05) is 34.8 Å². The molecule has 0 unspecified atom stereocenters. The van der Waals surface area contributed by atoms with Gasteiger partial charge < -0.3 is 16.0 Å². The SMILES string of the molecule is CCCCN1/C(=C/C=C2\CCCC(/C=C/CC(C)(C)c3c(NCCCCS(=O)(=O)O)ccc4ccccc34)=C2Sc2ccc(N)cc2)C(C)(C)c2c1ccc1ccccc21. The highest BCUT2D eigenvalue weighted by Crippen LogP contribution is 2.51. The number of benzene rings is 5. The van der Waals surface area contributed by atoms with Gasteiger partial charge in [0.15, 0.2) is 0 Å². The smallest absolute Gasteiger partial charge is 0.264 e. The molecule has 60 heavy (non-hydrogen) atoms. The molecule has 1 heterocycles. The minimum atomic E-state index is -3.96. The van der Waals surface area contributed by atoms with E-state index in [2.05, 4.69) is 154 Å². The van der Waals surface area contributed by atoms with Gasteiger partial charge in [-0.3, -0.25) is 4.55 Å². The fraction of sp³-hybridized carbons (Fsp3) is 0.346.